The summed E-state index contributed by atoms with van der Waals surface area (Å²) in [5.41, 5.74) is 3.36. The molecule has 3 aromatic rings. The van der Waals surface area contributed by atoms with Crippen LogP contribution in [0.15, 0.2) is 60.7 Å². The van der Waals surface area contributed by atoms with Crippen molar-refractivity contribution in [3.8, 4) is 17.6 Å². The fourth-order valence-electron chi connectivity index (χ4n) is 6.02. The van der Waals surface area contributed by atoms with Gasteiger partial charge in [0.05, 0.1) is 11.6 Å². The number of nitrogens with zero attached hydrogens (tertiary/aromatic N) is 3. The van der Waals surface area contributed by atoms with E-state index in [1.807, 2.05) is 18.2 Å². The second-order valence-corrected chi connectivity index (χ2v) is 10.9. The first-order chi connectivity index (χ1) is 19.9. The molecular formula is C32H29FN4O4. The number of fused-ring (bicyclic) bond motifs is 1. The molecular weight excluding hydrogens is 523 g/mol. The van der Waals surface area contributed by atoms with Gasteiger partial charge < -0.3 is 9.64 Å². The molecule has 2 fully saturated rings. The van der Waals surface area contributed by atoms with Crippen LogP contribution < -0.4 is 10.1 Å². The number of benzene rings is 3. The van der Waals surface area contributed by atoms with Crippen molar-refractivity contribution >= 4 is 17.7 Å². The maximum Gasteiger partial charge on any atom is 0.255 e. The van der Waals surface area contributed by atoms with Gasteiger partial charge in [0.1, 0.15) is 23.4 Å². The standard InChI is InChI=1S/C32H29FN4O4/c33-28-16-27-23(19-37(32(27)40)29-8-9-30(38)35-31(29)39)15-26(28)22-10-12-36(13-11-22)18-21-2-1-3-25(14-21)41-24-6-4-20(17-34)5-7-24/h1-7,14-16,22,29H,8-13,18-19H2,(H,35,38,39). The molecule has 0 radical (unpaired) electrons. The van der Waals surface area contributed by atoms with Crippen LogP contribution in [0.25, 0.3) is 0 Å². The Balaban J connectivity index is 1.07. The molecule has 208 valence electrons. The Bertz CT molecular complexity index is 1560. The Labute approximate surface area is 237 Å². The Kier molecular flexibility index (Phi) is 7.25. The summed E-state index contributed by atoms with van der Waals surface area (Å²) in [5.74, 6) is -0.111. The molecule has 3 aliphatic rings. The number of hydrogen-bond donors (Lipinski definition) is 1. The van der Waals surface area contributed by atoms with E-state index in [9.17, 15) is 14.4 Å². The van der Waals surface area contributed by atoms with Crippen molar-refractivity contribution < 1.29 is 23.5 Å². The third-order valence-corrected chi connectivity index (χ3v) is 8.19. The molecule has 3 aliphatic heterocycles. The van der Waals surface area contributed by atoms with Gasteiger partial charge >= 0.3 is 0 Å². The van der Waals surface area contributed by atoms with Gasteiger partial charge in [-0.3, -0.25) is 24.6 Å². The van der Waals surface area contributed by atoms with Crippen molar-refractivity contribution in [2.24, 2.45) is 0 Å². The molecule has 1 unspecified atom stereocenters. The molecule has 0 aliphatic carbocycles. The third-order valence-electron chi connectivity index (χ3n) is 8.19. The summed E-state index contributed by atoms with van der Waals surface area (Å²) in [6.07, 6.45) is 2.05. The molecule has 0 bridgehead atoms. The van der Waals surface area contributed by atoms with E-state index in [0.717, 1.165) is 49.4 Å². The number of rotatable bonds is 6. The van der Waals surface area contributed by atoms with Crippen molar-refractivity contribution in [2.45, 2.75) is 50.7 Å². The molecule has 0 spiro atoms. The van der Waals surface area contributed by atoms with Crippen LogP contribution >= 0.6 is 0 Å². The van der Waals surface area contributed by atoms with Crippen LogP contribution in [-0.2, 0) is 22.7 Å². The second kappa shape index (κ2) is 11.1. The number of ether oxygens (including phenoxy) is 1. The molecule has 41 heavy (non-hydrogen) atoms. The zero-order valence-corrected chi connectivity index (χ0v) is 22.4. The van der Waals surface area contributed by atoms with Gasteiger partial charge in [0.2, 0.25) is 11.8 Å². The van der Waals surface area contributed by atoms with E-state index in [1.165, 1.54) is 11.0 Å². The summed E-state index contributed by atoms with van der Waals surface area (Å²) in [7, 11) is 0. The number of carbonyl (C=O) groups excluding carboxylic acids is 3. The molecule has 1 atom stereocenters. The van der Waals surface area contributed by atoms with Gasteiger partial charge in [-0.15, -0.1) is 0 Å². The highest BCUT2D eigenvalue weighted by atomic mass is 19.1. The zero-order chi connectivity index (χ0) is 28.5. The summed E-state index contributed by atoms with van der Waals surface area (Å²) in [4.78, 5) is 40.7. The first-order valence-electron chi connectivity index (χ1n) is 13.8. The lowest BCUT2D eigenvalue weighted by molar-refractivity contribution is -0.136. The van der Waals surface area contributed by atoms with Crippen LogP contribution in [0, 0.1) is 17.1 Å². The van der Waals surface area contributed by atoms with Gasteiger partial charge in [0.25, 0.3) is 5.91 Å². The first kappa shape index (κ1) is 26.7. The van der Waals surface area contributed by atoms with E-state index >= 15 is 4.39 Å². The fourth-order valence-corrected chi connectivity index (χ4v) is 6.02. The predicted octanol–water partition coefficient (Wildman–Crippen LogP) is 4.63. The van der Waals surface area contributed by atoms with Crippen molar-refractivity contribution in [1.29, 1.82) is 5.26 Å². The van der Waals surface area contributed by atoms with Crippen molar-refractivity contribution in [2.75, 3.05) is 13.1 Å². The van der Waals surface area contributed by atoms with Crippen molar-refractivity contribution in [3.63, 3.8) is 0 Å². The Morgan fingerprint density at radius 3 is 2.49 bits per heavy atom. The average Bonchev–Trinajstić information content (AvgIpc) is 3.28. The van der Waals surface area contributed by atoms with Crippen LogP contribution in [0.5, 0.6) is 11.5 Å². The van der Waals surface area contributed by atoms with Gasteiger partial charge in [-0.05, 0) is 97.4 Å². The molecule has 9 heteroatoms. The summed E-state index contributed by atoms with van der Waals surface area (Å²) in [6, 6.07) is 19.4. The predicted molar refractivity (Wildman–Crippen MR) is 147 cm³/mol. The number of hydrogen-bond acceptors (Lipinski definition) is 6. The fraction of sp³-hybridized carbons (Fsp3) is 0.312. The van der Waals surface area contributed by atoms with Crippen LogP contribution in [-0.4, -0.2) is 46.7 Å². The minimum absolute atomic E-state index is 0.0438. The zero-order valence-electron chi connectivity index (χ0n) is 22.4. The third kappa shape index (κ3) is 5.56. The van der Waals surface area contributed by atoms with Crippen LogP contribution in [0.2, 0.25) is 0 Å². The molecule has 3 aromatic carbocycles. The number of likely N-dealkylation sites (tertiary alicyclic amines) is 1. The lowest BCUT2D eigenvalue weighted by Crippen LogP contribution is -2.52. The van der Waals surface area contributed by atoms with Gasteiger partial charge in [-0.1, -0.05) is 18.2 Å². The van der Waals surface area contributed by atoms with E-state index in [0.29, 0.717) is 22.4 Å². The highest BCUT2D eigenvalue weighted by Crippen LogP contribution is 2.36. The lowest BCUT2D eigenvalue weighted by Gasteiger charge is -2.32. The van der Waals surface area contributed by atoms with E-state index < -0.39 is 11.9 Å². The number of nitrogens with one attached hydrogen (secondary N) is 1. The van der Waals surface area contributed by atoms with E-state index in [4.69, 9.17) is 10.00 Å². The van der Waals surface area contributed by atoms with E-state index in [2.05, 4.69) is 22.4 Å². The average molecular weight is 553 g/mol. The Morgan fingerprint density at radius 2 is 1.76 bits per heavy atom. The number of halogens is 1. The summed E-state index contributed by atoms with van der Waals surface area (Å²) < 4.78 is 21.2. The number of amides is 3. The second-order valence-electron chi connectivity index (χ2n) is 10.9. The number of carbonyl (C=O) groups is 3. The maximum atomic E-state index is 15.3. The molecule has 3 heterocycles. The first-order valence-corrected chi connectivity index (χ1v) is 13.8. The lowest BCUT2D eigenvalue weighted by atomic mass is 9.87. The van der Waals surface area contributed by atoms with Crippen molar-refractivity contribution in [1.82, 2.24) is 15.1 Å². The normalized spacial score (nSPS) is 19.6. The van der Waals surface area contributed by atoms with E-state index in [1.54, 1.807) is 30.3 Å². The number of piperidine rings is 2. The molecule has 6 rings (SSSR count). The summed E-state index contributed by atoms with van der Waals surface area (Å²) in [6.45, 7) is 2.61. The maximum absolute atomic E-state index is 15.3. The van der Waals surface area contributed by atoms with Crippen LogP contribution in [0.1, 0.15) is 64.2 Å². The van der Waals surface area contributed by atoms with Gasteiger partial charge in [-0.25, -0.2) is 4.39 Å². The largest absolute Gasteiger partial charge is 0.457 e. The molecule has 0 aromatic heterocycles. The van der Waals surface area contributed by atoms with E-state index in [-0.39, 0.29) is 42.9 Å². The number of imide groups is 1. The molecule has 1 N–H and O–H groups in total. The highest BCUT2D eigenvalue weighted by Gasteiger charge is 2.40. The Morgan fingerprint density at radius 1 is 0.976 bits per heavy atom. The molecule has 2 saturated heterocycles. The molecule has 3 amide bonds. The monoisotopic (exact) mass is 552 g/mol. The Hall–Kier alpha value is -4.55. The topological polar surface area (TPSA) is 103 Å². The number of nitriles is 1. The van der Waals surface area contributed by atoms with Gasteiger partial charge in [0, 0.05) is 25.1 Å². The quantitative estimate of drug-likeness (QED) is 0.448. The SMILES string of the molecule is N#Cc1ccc(Oc2cccc(CN3CCC(c4cc5c(cc4F)C(=O)N(C4CCC(=O)NC4=O)C5)CC3)c2)cc1. The van der Waals surface area contributed by atoms with Crippen LogP contribution in [0.3, 0.4) is 0 Å². The molecule has 8 nitrogen and oxygen atoms in total. The van der Waals surface area contributed by atoms with Gasteiger partial charge in [-0.2, -0.15) is 5.26 Å². The summed E-state index contributed by atoms with van der Waals surface area (Å²) >= 11 is 0. The van der Waals surface area contributed by atoms with Crippen LogP contribution in [0.4, 0.5) is 4.39 Å². The minimum atomic E-state index is -0.713. The smallest absolute Gasteiger partial charge is 0.255 e. The van der Waals surface area contributed by atoms with Crippen molar-refractivity contribution in [3.05, 3.63) is 94.3 Å². The summed E-state index contributed by atoms with van der Waals surface area (Å²) in [5, 5.41) is 11.3. The minimum Gasteiger partial charge on any atom is -0.457 e. The van der Waals surface area contributed by atoms with Gasteiger partial charge in [0.15, 0.2) is 0 Å². The molecule has 0 saturated carbocycles. The highest BCUT2D eigenvalue weighted by molar-refractivity contribution is 6.05.